The molecule has 0 radical (unpaired) electrons. The van der Waals surface area contributed by atoms with Crippen LogP contribution < -0.4 is 0 Å². The standard InChI is InChI=1S/C13H16FN3/c1-9(2)7-10-5-4-6-12(15-10)11-8-17(3)16-13(11)14/h4-6,8-9H,7H2,1-3H3. The lowest BCUT2D eigenvalue weighted by molar-refractivity contribution is 0.555. The van der Waals surface area contributed by atoms with Gasteiger partial charge in [-0.2, -0.15) is 4.39 Å². The third-order valence-corrected chi connectivity index (χ3v) is 2.48. The van der Waals surface area contributed by atoms with Gasteiger partial charge in [-0.1, -0.05) is 19.9 Å². The lowest BCUT2D eigenvalue weighted by Crippen LogP contribution is -1.98. The molecule has 0 N–H and O–H groups in total. The minimum atomic E-state index is -0.471. The van der Waals surface area contributed by atoms with Crippen LogP contribution in [0, 0.1) is 11.9 Å². The maximum absolute atomic E-state index is 13.5. The van der Waals surface area contributed by atoms with E-state index in [0.29, 0.717) is 17.2 Å². The lowest BCUT2D eigenvalue weighted by Gasteiger charge is -2.05. The van der Waals surface area contributed by atoms with Gasteiger partial charge in [0.25, 0.3) is 0 Å². The molecule has 4 heteroatoms. The molecule has 0 atom stereocenters. The molecule has 0 aliphatic carbocycles. The second kappa shape index (κ2) is 4.65. The molecule has 3 nitrogen and oxygen atoms in total. The minimum Gasteiger partial charge on any atom is -0.272 e. The molecule has 0 saturated heterocycles. The fourth-order valence-corrected chi connectivity index (χ4v) is 1.79. The number of halogens is 1. The number of hydrogen-bond acceptors (Lipinski definition) is 2. The summed E-state index contributed by atoms with van der Waals surface area (Å²) in [6, 6.07) is 5.69. The molecular weight excluding hydrogens is 217 g/mol. The van der Waals surface area contributed by atoms with Crippen LogP contribution in [-0.4, -0.2) is 14.8 Å². The van der Waals surface area contributed by atoms with E-state index in [4.69, 9.17) is 0 Å². The molecule has 0 bridgehead atoms. The van der Waals surface area contributed by atoms with E-state index in [9.17, 15) is 4.39 Å². The molecule has 0 aliphatic heterocycles. The average Bonchev–Trinajstić information content (AvgIpc) is 2.57. The summed E-state index contributed by atoms with van der Waals surface area (Å²) in [5, 5.41) is 3.69. The quantitative estimate of drug-likeness (QED) is 0.816. The van der Waals surface area contributed by atoms with Crippen LogP contribution in [0.5, 0.6) is 0 Å². The van der Waals surface area contributed by atoms with Crippen molar-refractivity contribution >= 4 is 0 Å². The molecule has 0 amide bonds. The number of pyridine rings is 1. The van der Waals surface area contributed by atoms with Gasteiger partial charge in [0.05, 0.1) is 11.3 Å². The van der Waals surface area contributed by atoms with E-state index in [1.165, 1.54) is 4.68 Å². The normalized spacial score (nSPS) is 11.1. The molecule has 0 fully saturated rings. The molecule has 17 heavy (non-hydrogen) atoms. The highest BCUT2D eigenvalue weighted by atomic mass is 19.1. The van der Waals surface area contributed by atoms with Crippen molar-refractivity contribution in [3.63, 3.8) is 0 Å². The first-order valence-electron chi connectivity index (χ1n) is 5.71. The van der Waals surface area contributed by atoms with Gasteiger partial charge >= 0.3 is 0 Å². The Labute approximate surface area is 100 Å². The Kier molecular flexibility index (Phi) is 3.22. The van der Waals surface area contributed by atoms with E-state index in [-0.39, 0.29) is 0 Å². The predicted octanol–water partition coefficient (Wildman–Crippen LogP) is 2.82. The van der Waals surface area contributed by atoms with Crippen molar-refractivity contribution in [2.75, 3.05) is 0 Å². The number of rotatable bonds is 3. The zero-order valence-corrected chi connectivity index (χ0v) is 10.3. The van der Waals surface area contributed by atoms with Crippen LogP contribution in [0.1, 0.15) is 19.5 Å². The highest BCUT2D eigenvalue weighted by Gasteiger charge is 2.11. The molecule has 2 rings (SSSR count). The van der Waals surface area contributed by atoms with Crippen molar-refractivity contribution in [3.8, 4) is 11.3 Å². The number of aromatic nitrogens is 3. The monoisotopic (exact) mass is 233 g/mol. The maximum atomic E-state index is 13.5. The largest absolute Gasteiger partial charge is 0.272 e. The van der Waals surface area contributed by atoms with Crippen molar-refractivity contribution in [1.29, 1.82) is 0 Å². The van der Waals surface area contributed by atoms with Crippen LogP contribution in [-0.2, 0) is 13.5 Å². The van der Waals surface area contributed by atoms with Crippen molar-refractivity contribution in [2.24, 2.45) is 13.0 Å². The summed E-state index contributed by atoms with van der Waals surface area (Å²) in [7, 11) is 1.70. The molecular formula is C13H16FN3. The predicted molar refractivity (Wildman–Crippen MR) is 64.9 cm³/mol. The summed E-state index contributed by atoms with van der Waals surface area (Å²) in [4.78, 5) is 4.46. The first-order chi connectivity index (χ1) is 8.06. The Hall–Kier alpha value is -1.71. The van der Waals surface area contributed by atoms with Gasteiger partial charge in [-0.05, 0) is 24.5 Å². The van der Waals surface area contributed by atoms with Crippen LogP contribution in [0.4, 0.5) is 4.39 Å². The van der Waals surface area contributed by atoms with Crippen LogP contribution in [0.3, 0.4) is 0 Å². The third kappa shape index (κ3) is 2.70. The Morgan fingerprint density at radius 1 is 1.35 bits per heavy atom. The summed E-state index contributed by atoms with van der Waals surface area (Å²) in [5.74, 6) is 0.0678. The van der Waals surface area contributed by atoms with E-state index < -0.39 is 5.95 Å². The second-order valence-electron chi connectivity index (χ2n) is 4.62. The summed E-state index contributed by atoms with van der Waals surface area (Å²) in [6.07, 6.45) is 2.55. The molecule has 0 saturated carbocycles. The van der Waals surface area contributed by atoms with E-state index >= 15 is 0 Å². The highest BCUT2D eigenvalue weighted by molar-refractivity contribution is 5.57. The van der Waals surface area contributed by atoms with Crippen molar-refractivity contribution < 1.29 is 4.39 Å². The molecule has 90 valence electrons. The summed E-state index contributed by atoms with van der Waals surface area (Å²) >= 11 is 0. The number of hydrogen-bond donors (Lipinski definition) is 0. The van der Waals surface area contributed by atoms with Crippen LogP contribution in [0.2, 0.25) is 0 Å². The van der Waals surface area contributed by atoms with Crippen LogP contribution in [0.15, 0.2) is 24.4 Å². The van der Waals surface area contributed by atoms with Crippen LogP contribution >= 0.6 is 0 Å². The first-order valence-corrected chi connectivity index (χ1v) is 5.71. The summed E-state index contributed by atoms with van der Waals surface area (Å²) in [5.41, 5.74) is 2.09. The first kappa shape index (κ1) is 11.8. The van der Waals surface area contributed by atoms with Gasteiger partial charge in [-0.15, -0.1) is 5.10 Å². The van der Waals surface area contributed by atoms with Crippen molar-refractivity contribution in [1.82, 2.24) is 14.8 Å². The van der Waals surface area contributed by atoms with Gasteiger partial charge in [-0.25, -0.2) is 0 Å². The van der Waals surface area contributed by atoms with Gasteiger partial charge in [0.2, 0.25) is 5.95 Å². The smallest absolute Gasteiger partial charge is 0.242 e. The Morgan fingerprint density at radius 3 is 2.71 bits per heavy atom. The Morgan fingerprint density at radius 2 is 2.12 bits per heavy atom. The highest BCUT2D eigenvalue weighted by Crippen LogP contribution is 2.20. The molecule has 0 aliphatic rings. The number of nitrogens with zero attached hydrogens (tertiary/aromatic N) is 3. The van der Waals surface area contributed by atoms with E-state index in [1.807, 2.05) is 18.2 Å². The molecule has 2 heterocycles. The Bertz CT molecular complexity index is 517. The fourth-order valence-electron chi connectivity index (χ4n) is 1.79. The second-order valence-corrected chi connectivity index (χ2v) is 4.62. The lowest BCUT2D eigenvalue weighted by atomic mass is 10.1. The van der Waals surface area contributed by atoms with Crippen LogP contribution in [0.25, 0.3) is 11.3 Å². The zero-order valence-electron chi connectivity index (χ0n) is 10.3. The molecule has 0 aromatic carbocycles. The van der Waals surface area contributed by atoms with Gasteiger partial charge < -0.3 is 0 Å². The molecule has 0 spiro atoms. The minimum absolute atomic E-state index is 0.457. The average molecular weight is 233 g/mol. The van der Waals surface area contributed by atoms with E-state index in [0.717, 1.165) is 12.1 Å². The molecule has 2 aromatic rings. The van der Waals surface area contributed by atoms with E-state index in [1.54, 1.807) is 13.2 Å². The van der Waals surface area contributed by atoms with E-state index in [2.05, 4.69) is 23.9 Å². The molecule has 2 aromatic heterocycles. The fraction of sp³-hybridized carbons (Fsp3) is 0.385. The Balaban J connectivity index is 2.36. The SMILES string of the molecule is CC(C)Cc1cccc(-c2cn(C)nc2F)n1. The van der Waals surface area contributed by atoms with Gasteiger partial charge in [-0.3, -0.25) is 9.67 Å². The van der Waals surface area contributed by atoms with Crippen molar-refractivity contribution in [3.05, 3.63) is 36.0 Å². The molecule has 0 unspecified atom stereocenters. The topological polar surface area (TPSA) is 30.7 Å². The van der Waals surface area contributed by atoms with Gasteiger partial charge in [0.15, 0.2) is 0 Å². The zero-order chi connectivity index (χ0) is 12.4. The third-order valence-electron chi connectivity index (χ3n) is 2.48. The van der Waals surface area contributed by atoms with Crippen molar-refractivity contribution in [2.45, 2.75) is 20.3 Å². The summed E-state index contributed by atoms with van der Waals surface area (Å²) < 4.78 is 15.0. The van der Waals surface area contributed by atoms with Gasteiger partial charge in [0, 0.05) is 18.9 Å². The number of aryl methyl sites for hydroxylation is 1. The van der Waals surface area contributed by atoms with Gasteiger partial charge in [0.1, 0.15) is 0 Å². The maximum Gasteiger partial charge on any atom is 0.242 e. The summed E-state index contributed by atoms with van der Waals surface area (Å²) in [6.45, 7) is 4.28.